The Morgan fingerprint density at radius 1 is 1.28 bits per heavy atom. The molecule has 1 heterocycles. The van der Waals surface area contributed by atoms with Gasteiger partial charge in [0.1, 0.15) is 6.54 Å². The molecule has 0 radical (unpaired) electrons. The highest BCUT2D eigenvalue weighted by molar-refractivity contribution is 6.36. The first-order valence-corrected chi connectivity index (χ1v) is 7.77. The molecule has 0 aliphatic rings. The monoisotopic (exact) mass is 385 g/mol. The molecule has 0 spiro atoms. The number of aromatic amines is 1. The van der Waals surface area contributed by atoms with E-state index in [1.807, 2.05) is 4.98 Å². The number of rotatable bonds is 5. The molecule has 2 aromatic rings. The van der Waals surface area contributed by atoms with E-state index in [4.69, 9.17) is 27.9 Å². The number of ether oxygens (including phenoxy) is 1. The van der Waals surface area contributed by atoms with Gasteiger partial charge in [0, 0.05) is 17.3 Å². The van der Waals surface area contributed by atoms with Crippen molar-refractivity contribution in [3.8, 4) is 0 Å². The average molecular weight is 386 g/mol. The van der Waals surface area contributed by atoms with Crippen molar-refractivity contribution in [2.75, 3.05) is 5.32 Å². The minimum absolute atomic E-state index is 0.235. The van der Waals surface area contributed by atoms with E-state index in [1.54, 1.807) is 6.07 Å². The molecule has 0 unspecified atom stereocenters. The van der Waals surface area contributed by atoms with E-state index >= 15 is 0 Å². The van der Waals surface area contributed by atoms with E-state index in [9.17, 15) is 19.2 Å². The Morgan fingerprint density at radius 3 is 2.64 bits per heavy atom. The number of halogens is 2. The molecule has 8 nitrogen and oxygen atoms in total. The number of nitrogens with zero attached hydrogens (tertiary/aromatic N) is 1. The quantitative estimate of drug-likeness (QED) is 0.756. The first-order valence-electron chi connectivity index (χ1n) is 7.01. The number of anilines is 1. The van der Waals surface area contributed by atoms with Crippen LogP contribution in [0.5, 0.6) is 0 Å². The molecule has 2 rings (SSSR count). The van der Waals surface area contributed by atoms with Crippen LogP contribution in [0.4, 0.5) is 5.69 Å². The van der Waals surface area contributed by atoms with Gasteiger partial charge in [-0.25, -0.2) is 4.79 Å². The number of nitrogens with one attached hydrogen (secondary N) is 2. The lowest BCUT2D eigenvalue weighted by Gasteiger charge is -2.14. The lowest BCUT2D eigenvalue weighted by atomic mass is 10.3. The van der Waals surface area contributed by atoms with Crippen LogP contribution in [0.15, 0.2) is 40.1 Å². The maximum absolute atomic E-state index is 12.1. The lowest BCUT2D eigenvalue weighted by molar-refractivity contribution is -0.153. The number of amides is 1. The van der Waals surface area contributed by atoms with E-state index in [2.05, 4.69) is 5.32 Å². The average Bonchev–Trinajstić information content (AvgIpc) is 2.52. The summed E-state index contributed by atoms with van der Waals surface area (Å²) in [6, 6.07) is 5.60. The standard InChI is InChI=1S/C15H13Cl2N3O5/c1-8(14(23)18-11-3-2-9(16)6-10(11)17)25-13(22)7-20-5-4-12(21)19-15(20)24/h2-6,8H,7H2,1H3,(H,18,23)(H,19,21,24)/t8-/m0/s1. The van der Waals surface area contributed by atoms with Crippen LogP contribution >= 0.6 is 23.2 Å². The van der Waals surface area contributed by atoms with Gasteiger partial charge < -0.3 is 10.1 Å². The fourth-order valence-corrected chi connectivity index (χ4v) is 2.28. The first kappa shape index (κ1) is 18.8. The third-order valence-electron chi connectivity index (χ3n) is 3.06. The maximum atomic E-state index is 12.1. The molecule has 0 saturated carbocycles. The van der Waals surface area contributed by atoms with Crippen molar-refractivity contribution in [3.05, 3.63) is 61.3 Å². The molecule has 0 aliphatic heterocycles. The third kappa shape index (κ3) is 5.20. The van der Waals surface area contributed by atoms with E-state index in [0.29, 0.717) is 10.7 Å². The number of hydrogen-bond donors (Lipinski definition) is 2. The van der Waals surface area contributed by atoms with E-state index in [1.165, 1.54) is 19.1 Å². The van der Waals surface area contributed by atoms with Gasteiger partial charge in [-0.2, -0.15) is 0 Å². The van der Waals surface area contributed by atoms with Gasteiger partial charge in [-0.05, 0) is 25.1 Å². The second kappa shape index (κ2) is 8.00. The van der Waals surface area contributed by atoms with Gasteiger partial charge in [-0.15, -0.1) is 0 Å². The Labute approximate surface area is 151 Å². The molecule has 10 heteroatoms. The minimum atomic E-state index is -1.13. The summed E-state index contributed by atoms with van der Waals surface area (Å²) in [4.78, 5) is 48.3. The third-order valence-corrected chi connectivity index (χ3v) is 3.61. The highest BCUT2D eigenvalue weighted by Crippen LogP contribution is 2.25. The van der Waals surface area contributed by atoms with Gasteiger partial charge in [0.25, 0.3) is 11.5 Å². The molecule has 0 saturated heterocycles. The summed E-state index contributed by atoms with van der Waals surface area (Å²) >= 11 is 11.7. The van der Waals surface area contributed by atoms with Crippen LogP contribution in [0.2, 0.25) is 10.0 Å². The number of carbonyl (C=O) groups excluding carboxylic acids is 2. The predicted octanol–water partition coefficient (Wildman–Crippen LogP) is 1.41. The number of hydrogen-bond acceptors (Lipinski definition) is 5. The summed E-state index contributed by atoms with van der Waals surface area (Å²) in [7, 11) is 0. The Morgan fingerprint density at radius 2 is 2.00 bits per heavy atom. The number of benzene rings is 1. The molecule has 0 bridgehead atoms. The summed E-state index contributed by atoms with van der Waals surface area (Å²) in [5.74, 6) is -1.43. The Kier molecular flexibility index (Phi) is 6.00. The Bertz CT molecular complexity index is 922. The number of carbonyl (C=O) groups is 2. The van der Waals surface area contributed by atoms with Crippen molar-refractivity contribution in [2.24, 2.45) is 0 Å². The summed E-state index contributed by atoms with van der Waals surface area (Å²) in [6.07, 6.45) is 0.0263. The second-order valence-electron chi connectivity index (χ2n) is 4.98. The smallest absolute Gasteiger partial charge is 0.328 e. The minimum Gasteiger partial charge on any atom is -0.451 e. The molecule has 132 valence electrons. The second-order valence-corrected chi connectivity index (χ2v) is 5.83. The van der Waals surface area contributed by atoms with Gasteiger partial charge in [-0.1, -0.05) is 23.2 Å². The zero-order chi connectivity index (χ0) is 18.6. The fourth-order valence-electron chi connectivity index (χ4n) is 1.82. The zero-order valence-electron chi connectivity index (χ0n) is 12.9. The molecule has 2 N–H and O–H groups in total. The zero-order valence-corrected chi connectivity index (χ0v) is 14.4. The fraction of sp³-hybridized carbons (Fsp3) is 0.200. The van der Waals surface area contributed by atoms with Crippen LogP contribution in [0.1, 0.15) is 6.92 Å². The molecular weight excluding hydrogens is 373 g/mol. The summed E-state index contributed by atoms with van der Waals surface area (Å²) < 4.78 is 5.91. The summed E-state index contributed by atoms with van der Waals surface area (Å²) in [6.45, 7) is 0.918. The van der Waals surface area contributed by atoms with Gasteiger partial charge in [-0.3, -0.25) is 23.9 Å². The van der Waals surface area contributed by atoms with E-state index in [-0.39, 0.29) is 5.02 Å². The highest BCUT2D eigenvalue weighted by atomic mass is 35.5. The number of aromatic nitrogens is 2. The SMILES string of the molecule is C[C@H](OC(=O)Cn1ccc(=O)[nH]c1=O)C(=O)Nc1ccc(Cl)cc1Cl. The van der Waals surface area contributed by atoms with Gasteiger partial charge >= 0.3 is 11.7 Å². The van der Waals surface area contributed by atoms with Crippen LogP contribution < -0.4 is 16.6 Å². The molecule has 1 atom stereocenters. The topological polar surface area (TPSA) is 110 Å². The predicted molar refractivity (Wildman–Crippen MR) is 92.0 cm³/mol. The number of H-pyrrole nitrogens is 1. The van der Waals surface area contributed by atoms with Crippen LogP contribution in [0, 0.1) is 0 Å². The van der Waals surface area contributed by atoms with E-state index < -0.39 is 35.8 Å². The number of esters is 1. The van der Waals surface area contributed by atoms with Crippen molar-refractivity contribution in [2.45, 2.75) is 19.6 Å². The molecule has 1 aromatic heterocycles. The van der Waals surface area contributed by atoms with Crippen LogP contribution in [-0.4, -0.2) is 27.5 Å². The normalized spacial score (nSPS) is 11.6. The molecule has 0 fully saturated rings. The molecule has 0 aliphatic carbocycles. The summed E-state index contributed by atoms with van der Waals surface area (Å²) in [5.41, 5.74) is -1.02. The van der Waals surface area contributed by atoms with Gasteiger partial charge in [0.2, 0.25) is 0 Å². The van der Waals surface area contributed by atoms with Crippen molar-refractivity contribution >= 4 is 40.8 Å². The largest absolute Gasteiger partial charge is 0.451 e. The first-order chi connectivity index (χ1) is 11.8. The highest BCUT2D eigenvalue weighted by Gasteiger charge is 2.19. The Balaban J connectivity index is 1.97. The van der Waals surface area contributed by atoms with Gasteiger partial charge in [0.05, 0.1) is 10.7 Å². The molecule has 1 aromatic carbocycles. The Hall–Kier alpha value is -2.58. The molecule has 1 amide bonds. The van der Waals surface area contributed by atoms with E-state index in [0.717, 1.165) is 16.8 Å². The van der Waals surface area contributed by atoms with Gasteiger partial charge in [0.15, 0.2) is 6.10 Å². The van der Waals surface area contributed by atoms with Crippen molar-refractivity contribution in [3.63, 3.8) is 0 Å². The summed E-state index contributed by atoms with van der Waals surface area (Å²) in [5, 5.41) is 3.15. The van der Waals surface area contributed by atoms with Crippen LogP contribution in [0.3, 0.4) is 0 Å². The van der Waals surface area contributed by atoms with Crippen LogP contribution in [-0.2, 0) is 20.9 Å². The molecule has 25 heavy (non-hydrogen) atoms. The maximum Gasteiger partial charge on any atom is 0.328 e. The lowest BCUT2D eigenvalue weighted by Crippen LogP contribution is -2.35. The van der Waals surface area contributed by atoms with Crippen molar-refractivity contribution in [1.29, 1.82) is 0 Å². The van der Waals surface area contributed by atoms with Crippen LogP contribution in [0.25, 0.3) is 0 Å². The molecular formula is C15H13Cl2N3O5. The van der Waals surface area contributed by atoms with Crippen molar-refractivity contribution < 1.29 is 14.3 Å². The van der Waals surface area contributed by atoms with Crippen molar-refractivity contribution in [1.82, 2.24) is 9.55 Å².